The number of carbonyl (C=O) groups is 3. The molecule has 2 heterocycles. The lowest BCUT2D eigenvalue weighted by molar-refractivity contribution is -0.116. The van der Waals surface area contributed by atoms with Gasteiger partial charge in [-0.2, -0.15) is 0 Å². The number of thiophene rings is 1. The number of methoxy groups -OCH3 is 2. The molecule has 0 unspecified atom stereocenters. The highest BCUT2D eigenvalue weighted by atomic mass is 32.2. The predicted octanol–water partition coefficient (Wildman–Crippen LogP) is 4.57. The van der Waals surface area contributed by atoms with E-state index >= 15 is 0 Å². The first-order chi connectivity index (χ1) is 16.0. The largest absolute Gasteiger partial charge is 0.497 e. The minimum atomic E-state index is -0.484. The van der Waals surface area contributed by atoms with Crippen molar-refractivity contribution in [2.45, 2.75) is 37.6 Å². The molecule has 8 nitrogen and oxygen atoms in total. The Morgan fingerprint density at radius 2 is 1.94 bits per heavy atom. The molecule has 1 N–H and O–H groups in total. The van der Waals surface area contributed by atoms with Crippen molar-refractivity contribution < 1.29 is 28.6 Å². The number of nitrogens with zero attached hydrogens (tertiary/aromatic N) is 1. The Morgan fingerprint density at radius 1 is 1.18 bits per heavy atom. The fourth-order valence-electron chi connectivity index (χ4n) is 3.46. The van der Waals surface area contributed by atoms with Gasteiger partial charge < -0.3 is 24.4 Å². The number of ether oxygens (including phenoxy) is 3. The van der Waals surface area contributed by atoms with Crippen LogP contribution in [0.25, 0.3) is 0 Å². The van der Waals surface area contributed by atoms with Gasteiger partial charge in [0.15, 0.2) is 0 Å². The summed E-state index contributed by atoms with van der Waals surface area (Å²) in [5.74, 6) is 0.960. The highest BCUT2D eigenvalue weighted by Gasteiger charge is 2.31. The van der Waals surface area contributed by atoms with Crippen LogP contribution in [-0.4, -0.2) is 56.0 Å². The molecule has 1 aromatic heterocycles. The van der Waals surface area contributed by atoms with Gasteiger partial charge in [0, 0.05) is 22.7 Å². The minimum absolute atomic E-state index is 0.156. The lowest BCUT2D eigenvalue weighted by atomic mass is 10.0. The second-order valence-electron chi connectivity index (χ2n) is 7.25. The number of esters is 1. The summed E-state index contributed by atoms with van der Waals surface area (Å²) in [5, 5.41) is 3.36. The Balaban J connectivity index is 1.59. The van der Waals surface area contributed by atoms with E-state index in [2.05, 4.69) is 5.32 Å². The van der Waals surface area contributed by atoms with Crippen LogP contribution >= 0.6 is 23.1 Å². The van der Waals surface area contributed by atoms with Crippen molar-refractivity contribution in [1.29, 1.82) is 0 Å². The van der Waals surface area contributed by atoms with Crippen LogP contribution in [0.1, 0.15) is 40.6 Å². The van der Waals surface area contributed by atoms with Crippen LogP contribution in [0.2, 0.25) is 0 Å². The van der Waals surface area contributed by atoms with Crippen molar-refractivity contribution in [2.75, 3.05) is 38.4 Å². The Bertz CT molecular complexity index is 990. The number of thioether (sulfide) groups is 1. The highest BCUT2D eigenvalue weighted by molar-refractivity contribution is 7.99. The van der Waals surface area contributed by atoms with Gasteiger partial charge >= 0.3 is 12.1 Å². The molecule has 0 fully saturated rings. The van der Waals surface area contributed by atoms with Gasteiger partial charge in [0.25, 0.3) is 0 Å². The summed E-state index contributed by atoms with van der Waals surface area (Å²) in [7, 11) is 2.95. The highest BCUT2D eigenvalue weighted by Crippen LogP contribution is 2.38. The lowest BCUT2D eigenvalue weighted by Gasteiger charge is -2.26. The van der Waals surface area contributed by atoms with Gasteiger partial charge in [-0.1, -0.05) is 0 Å². The van der Waals surface area contributed by atoms with Crippen LogP contribution in [0, 0.1) is 0 Å². The third kappa shape index (κ3) is 6.42. The number of anilines is 1. The molecular weight excluding hydrogens is 464 g/mol. The van der Waals surface area contributed by atoms with Crippen molar-refractivity contribution in [3.05, 3.63) is 40.3 Å². The third-order valence-electron chi connectivity index (χ3n) is 5.10. The number of amides is 2. The summed E-state index contributed by atoms with van der Waals surface area (Å²) >= 11 is 2.99. The Hall–Kier alpha value is -2.72. The van der Waals surface area contributed by atoms with Crippen LogP contribution in [-0.2, 0) is 27.2 Å². The Kier molecular flexibility index (Phi) is 9.02. The maximum absolute atomic E-state index is 12.6. The predicted molar refractivity (Wildman–Crippen MR) is 128 cm³/mol. The molecule has 0 saturated carbocycles. The molecule has 2 amide bonds. The van der Waals surface area contributed by atoms with Gasteiger partial charge in [-0.25, -0.2) is 9.59 Å². The van der Waals surface area contributed by atoms with E-state index in [9.17, 15) is 14.4 Å². The summed E-state index contributed by atoms with van der Waals surface area (Å²) in [4.78, 5) is 40.7. The van der Waals surface area contributed by atoms with Gasteiger partial charge in [-0.15, -0.1) is 23.1 Å². The molecule has 33 heavy (non-hydrogen) atoms. The molecule has 0 radical (unpaired) electrons. The first-order valence-electron chi connectivity index (χ1n) is 10.7. The zero-order valence-electron chi connectivity index (χ0n) is 19.0. The zero-order chi connectivity index (χ0) is 23.8. The van der Waals surface area contributed by atoms with Gasteiger partial charge in [0.2, 0.25) is 5.91 Å². The molecular formula is C23H28N2O6S2. The van der Waals surface area contributed by atoms with Crippen LogP contribution in [0.4, 0.5) is 9.80 Å². The van der Waals surface area contributed by atoms with Gasteiger partial charge in [0.05, 0.1) is 32.9 Å². The molecule has 1 aliphatic heterocycles. The monoisotopic (exact) mass is 492 g/mol. The van der Waals surface area contributed by atoms with Crippen LogP contribution < -0.4 is 10.1 Å². The minimum Gasteiger partial charge on any atom is -0.497 e. The summed E-state index contributed by atoms with van der Waals surface area (Å²) in [5.41, 5.74) is 1.22. The molecule has 178 valence electrons. The van der Waals surface area contributed by atoms with Crippen molar-refractivity contribution in [3.8, 4) is 5.75 Å². The molecule has 1 aromatic carbocycles. The van der Waals surface area contributed by atoms with E-state index in [1.807, 2.05) is 24.3 Å². The summed E-state index contributed by atoms with van der Waals surface area (Å²) in [6.45, 7) is 2.86. The van der Waals surface area contributed by atoms with Crippen molar-refractivity contribution in [2.24, 2.45) is 0 Å². The fraction of sp³-hybridized carbons (Fsp3) is 0.435. The van der Waals surface area contributed by atoms with E-state index in [-0.39, 0.29) is 12.0 Å². The van der Waals surface area contributed by atoms with Crippen molar-refractivity contribution in [1.82, 2.24) is 4.90 Å². The molecule has 0 saturated heterocycles. The molecule has 0 bridgehead atoms. The number of fused-ring (bicyclic) bond motifs is 1. The lowest BCUT2D eigenvalue weighted by Crippen LogP contribution is -2.36. The van der Waals surface area contributed by atoms with Gasteiger partial charge in [-0.05, 0) is 55.3 Å². The second kappa shape index (κ2) is 11.9. The molecule has 10 heteroatoms. The number of nitrogens with one attached hydrogen (secondary N) is 1. The molecule has 2 aromatic rings. The van der Waals surface area contributed by atoms with Gasteiger partial charge in [-0.3, -0.25) is 4.79 Å². The standard InChI is InChI=1S/C23H28N2O6S2/c1-4-31-23(28)25-12-11-17-18(14-25)33-21(20(17)22(27)30-3)24-19(26)6-5-13-32-16-9-7-15(29-2)8-10-16/h7-10H,4-6,11-14H2,1-3H3,(H,24,26). The zero-order valence-corrected chi connectivity index (χ0v) is 20.6. The third-order valence-corrected chi connectivity index (χ3v) is 7.33. The number of benzene rings is 1. The molecule has 1 aliphatic rings. The number of hydrogen-bond acceptors (Lipinski definition) is 8. The van der Waals surface area contributed by atoms with E-state index in [0.717, 1.165) is 26.8 Å². The van der Waals surface area contributed by atoms with Crippen molar-refractivity contribution >= 4 is 46.1 Å². The maximum Gasteiger partial charge on any atom is 0.410 e. The molecule has 0 atom stereocenters. The topological polar surface area (TPSA) is 94.2 Å². The number of hydrogen-bond donors (Lipinski definition) is 1. The van der Waals surface area contributed by atoms with E-state index in [1.54, 1.807) is 30.7 Å². The van der Waals surface area contributed by atoms with E-state index in [0.29, 0.717) is 49.5 Å². The first kappa shape index (κ1) is 24.9. The summed E-state index contributed by atoms with van der Waals surface area (Å²) in [6.07, 6.45) is 1.15. The average Bonchev–Trinajstić information content (AvgIpc) is 3.18. The molecule has 0 aliphatic carbocycles. The quantitative estimate of drug-likeness (QED) is 0.311. The SMILES string of the molecule is CCOC(=O)N1CCc2c(sc(NC(=O)CCCSc3ccc(OC)cc3)c2C(=O)OC)C1. The maximum atomic E-state index is 12.6. The Morgan fingerprint density at radius 3 is 2.61 bits per heavy atom. The van der Waals surface area contributed by atoms with E-state index in [1.165, 1.54) is 18.4 Å². The van der Waals surface area contributed by atoms with Crippen LogP contribution in [0.3, 0.4) is 0 Å². The normalized spacial score (nSPS) is 12.6. The van der Waals surface area contributed by atoms with Crippen molar-refractivity contribution in [3.63, 3.8) is 0 Å². The number of rotatable bonds is 9. The summed E-state index contributed by atoms with van der Waals surface area (Å²) in [6, 6.07) is 7.79. The Labute approximate surface area is 201 Å². The molecule has 3 rings (SSSR count). The second-order valence-corrected chi connectivity index (χ2v) is 9.52. The van der Waals surface area contributed by atoms with E-state index in [4.69, 9.17) is 14.2 Å². The fourth-order valence-corrected chi connectivity index (χ4v) is 5.58. The van der Waals surface area contributed by atoms with Gasteiger partial charge in [0.1, 0.15) is 10.8 Å². The number of carbonyl (C=O) groups excluding carboxylic acids is 3. The summed E-state index contributed by atoms with van der Waals surface area (Å²) < 4.78 is 15.2. The van der Waals surface area contributed by atoms with Crippen LogP contribution in [0.5, 0.6) is 5.75 Å². The smallest absolute Gasteiger partial charge is 0.410 e. The first-order valence-corrected chi connectivity index (χ1v) is 12.5. The molecule has 0 spiro atoms. The van der Waals surface area contributed by atoms with Crippen LogP contribution in [0.15, 0.2) is 29.2 Å². The average molecular weight is 493 g/mol. The van der Waals surface area contributed by atoms with E-state index < -0.39 is 5.97 Å².